The molecule has 4 heteroatoms. The molecule has 4 nitrogen and oxygen atoms in total. The zero-order valence-corrected chi connectivity index (χ0v) is 9.45. The van der Waals surface area contributed by atoms with Crippen LogP contribution in [0, 0.1) is 6.92 Å². The van der Waals surface area contributed by atoms with Crippen LogP contribution in [-0.2, 0) is 6.54 Å². The number of para-hydroxylation sites is 1. The molecule has 0 radical (unpaired) electrons. The van der Waals surface area contributed by atoms with E-state index in [1.807, 2.05) is 31.2 Å². The summed E-state index contributed by atoms with van der Waals surface area (Å²) >= 11 is 0. The van der Waals surface area contributed by atoms with E-state index in [1.165, 1.54) is 0 Å². The highest BCUT2D eigenvalue weighted by Crippen LogP contribution is 2.27. The summed E-state index contributed by atoms with van der Waals surface area (Å²) in [5.74, 6) is 1.61. The average Bonchev–Trinajstić information content (AvgIpc) is 2.70. The number of aromatic nitrogens is 2. The van der Waals surface area contributed by atoms with Crippen molar-refractivity contribution in [2.45, 2.75) is 13.5 Å². The van der Waals surface area contributed by atoms with Gasteiger partial charge in [-0.25, -0.2) is 4.98 Å². The fourth-order valence-corrected chi connectivity index (χ4v) is 1.66. The van der Waals surface area contributed by atoms with Gasteiger partial charge in [-0.1, -0.05) is 12.1 Å². The Morgan fingerprint density at radius 2 is 2.12 bits per heavy atom. The summed E-state index contributed by atoms with van der Waals surface area (Å²) in [6, 6.07) is 7.77. The van der Waals surface area contributed by atoms with Crippen molar-refractivity contribution in [1.82, 2.24) is 9.97 Å². The minimum Gasteiger partial charge on any atom is -0.496 e. The summed E-state index contributed by atoms with van der Waals surface area (Å²) in [7, 11) is 1.65. The van der Waals surface area contributed by atoms with Gasteiger partial charge in [0, 0.05) is 12.2 Å². The van der Waals surface area contributed by atoms with Crippen LogP contribution in [-0.4, -0.2) is 17.1 Å². The summed E-state index contributed by atoms with van der Waals surface area (Å²) in [6.07, 6.45) is 0. The Morgan fingerprint density at radius 1 is 1.38 bits per heavy atom. The van der Waals surface area contributed by atoms with Gasteiger partial charge < -0.3 is 15.5 Å². The smallest absolute Gasteiger partial charge is 0.141 e. The van der Waals surface area contributed by atoms with E-state index >= 15 is 0 Å². The molecule has 0 spiro atoms. The van der Waals surface area contributed by atoms with Gasteiger partial charge in [0.05, 0.1) is 18.4 Å². The van der Waals surface area contributed by atoms with Gasteiger partial charge in [-0.3, -0.25) is 0 Å². The molecule has 0 bridgehead atoms. The largest absolute Gasteiger partial charge is 0.496 e. The second kappa shape index (κ2) is 4.37. The summed E-state index contributed by atoms with van der Waals surface area (Å²) in [6.45, 7) is 2.41. The van der Waals surface area contributed by atoms with Crippen molar-refractivity contribution in [3.63, 3.8) is 0 Å². The van der Waals surface area contributed by atoms with Gasteiger partial charge in [-0.05, 0) is 19.1 Å². The maximum absolute atomic E-state index is 5.60. The lowest BCUT2D eigenvalue weighted by Crippen LogP contribution is -1.98. The molecular formula is C12H15N3O. The van der Waals surface area contributed by atoms with Crippen LogP contribution in [0.2, 0.25) is 0 Å². The maximum atomic E-state index is 5.60. The number of hydrogen-bond donors (Lipinski definition) is 2. The van der Waals surface area contributed by atoms with Crippen molar-refractivity contribution < 1.29 is 4.74 Å². The molecule has 1 heterocycles. The Bertz CT molecular complexity index is 491. The maximum Gasteiger partial charge on any atom is 0.141 e. The summed E-state index contributed by atoms with van der Waals surface area (Å²) in [4.78, 5) is 7.66. The fourth-order valence-electron chi connectivity index (χ4n) is 1.66. The van der Waals surface area contributed by atoms with Crippen LogP contribution in [0.3, 0.4) is 0 Å². The summed E-state index contributed by atoms with van der Waals surface area (Å²) in [5.41, 5.74) is 8.44. The zero-order valence-electron chi connectivity index (χ0n) is 9.45. The quantitative estimate of drug-likeness (QED) is 0.824. The molecule has 3 N–H and O–H groups in total. The van der Waals surface area contributed by atoms with Crippen molar-refractivity contribution in [3.05, 3.63) is 35.7 Å². The predicted molar refractivity (Wildman–Crippen MR) is 63.2 cm³/mol. The van der Waals surface area contributed by atoms with Crippen LogP contribution in [0.15, 0.2) is 24.3 Å². The Kier molecular flexibility index (Phi) is 2.92. The molecule has 2 aromatic rings. The molecule has 0 aliphatic rings. The number of H-pyrrole nitrogens is 1. The molecular weight excluding hydrogens is 202 g/mol. The number of imidazole rings is 1. The molecule has 0 saturated carbocycles. The number of rotatable bonds is 3. The second-order valence-electron chi connectivity index (χ2n) is 3.56. The minimum atomic E-state index is 0.442. The van der Waals surface area contributed by atoms with Crippen molar-refractivity contribution in [3.8, 4) is 17.1 Å². The van der Waals surface area contributed by atoms with Crippen molar-refractivity contribution in [2.75, 3.05) is 7.11 Å². The molecule has 84 valence electrons. The summed E-state index contributed by atoms with van der Waals surface area (Å²) < 4.78 is 5.29. The van der Waals surface area contributed by atoms with E-state index in [-0.39, 0.29) is 0 Å². The van der Waals surface area contributed by atoms with Gasteiger partial charge in [-0.15, -0.1) is 0 Å². The molecule has 0 amide bonds. The third kappa shape index (κ3) is 1.79. The molecule has 0 aliphatic carbocycles. The van der Waals surface area contributed by atoms with Crippen molar-refractivity contribution in [1.29, 1.82) is 0 Å². The van der Waals surface area contributed by atoms with Gasteiger partial charge in [0.15, 0.2) is 0 Å². The molecule has 0 saturated heterocycles. The molecule has 0 aliphatic heterocycles. The molecule has 0 unspecified atom stereocenters. The van der Waals surface area contributed by atoms with Crippen molar-refractivity contribution >= 4 is 0 Å². The molecule has 1 aromatic carbocycles. The first-order valence-corrected chi connectivity index (χ1v) is 5.15. The van der Waals surface area contributed by atoms with E-state index in [2.05, 4.69) is 9.97 Å². The van der Waals surface area contributed by atoms with E-state index in [0.29, 0.717) is 6.54 Å². The van der Waals surface area contributed by atoms with E-state index in [1.54, 1.807) is 7.11 Å². The molecule has 0 fully saturated rings. The average molecular weight is 217 g/mol. The van der Waals surface area contributed by atoms with Crippen LogP contribution < -0.4 is 10.5 Å². The number of aromatic amines is 1. The predicted octanol–water partition coefficient (Wildman–Crippen LogP) is 1.85. The number of methoxy groups -OCH3 is 1. The zero-order chi connectivity index (χ0) is 11.5. The first kappa shape index (κ1) is 10.7. The van der Waals surface area contributed by atoms with E-state index in [4.69, 9.17) is 10.5 Å². The Labute approximate surface area is 94.5 Å². The van der Waals surface area contributed by atoms with E-state index in [9.17, 15) is 0 Å². The van der Waals surface area contributed by atoms with E-state index < -0.39 is 0 Å². The topological polar surface area (TPSA) is 63.9 Å². The number of ether oxygens (including phenoxy) is 1. The highest BCUT2D eigenvalue weighted by Gasteiger charge is 2.10. The van der Waals surface area contributed by atoms with Gasteiger partial charge in [0.25, 0.3) is 0 Å². The number of nitrogens with one attached hydrogen (secondary N) is 1. The van der Waals surface area contributed by atoms with Crippen LogP contribution in [0.25, 0.3) is 11.4 Å². The lowest BCUT2D eigenvalue weighted by molar-refractivity contribution is 0.416. The molecule has 1 aromatic heterocycles. The van der Waals surface area contributed by atoms with Gasteiger partial charge in [0.2, 0.25) is 0 Å². The third-order valence-corrected chi connectivity index (χ3v) is 2.54. The third-order valence-electron chi connectivity index (χ3n) is 2.54. The normalized spacial score (nSPS) is 10.4. The summed E-state index contributed by atoms with van der Waals surface area (Å²) in [5, 5.41) is 0. The molecule has 2 rings (SSSR count). The molecule has 16 heavy (non-hydrogen) atoms. The number of benzene rings is 1. The monoisotopic (exact) mass is 217 g/mol. The number of nitrogens with zero attached hydrogens (tertiary/aromatic N) is 1. The van der Waals surface area contributed by atoms with Crippen LogP contribution in [0.1, 0.15) is 11.4 Å². The van der Waals surface area contributed by atoms with E-state index in [0.717, 1.165) is 28.5 Å². The number of nitrogens with two attached hydrogens (primary N) is 1. The number of hydrogen-bond acceptors (Lipinski definition) is 3. The first-order valence-electron chi connectivity index (χ1n) is 5.15. The Balaban J connectivity index is 2.49. The lowest BCUT2D eigenvalue weighted by Gasteiger charge is -2.04. The highest BCUT2D eigenvalue weighted by atomic mass is 16.5. The van der Waals surface area contributed by atoms with Crippen LogP contribution >= 0.6 is 0 Å². The second-order valence-corrected chi connectivity index (χ2v) is 3.56. The number of aryl methyl sites for hydroxylation is 1. The van der Waals surface area contributed by atoms with Crippen LogP contribution in [0.4, 0.5) is 0 Å². The SMILES string of the molecule is COc1ccccc1-c1nc(CN)c(C)[nH]1. The Morgan fingerprint density at radius 3 is 2.75 bits per heavy atom. The molecule has 0 atom stereocenters. The van der Waals surface area contributed by atoms with Crippen molar-refractivity contribution in [2.24, 2.45) is 5.73 Å². The van der Waals surface area contributed by atoms with Gasteiger partial charge in [-0.2, -0.15) is 0 Å². The lowest BCUT2D eigenvalue weighted by atomic mass is 10.2. The minimum absolute atomic E-state index is 0.442. The fraction of sp³-hybridized carbons (Fsp3) is 0.250. The standard InChI is InChI=1S/C12H15N3O/c1-8-10(7-13)15-12(14-8)9-5-3-4-6-11(9)16-2/h3-6H,7,13H2,1-2H3,(H,14,15). The first-order chi connectivity index (χ1) is 7.76. The van der Waals surface area contributed by atoms with Gasteiger partial charge in [0.1, 0.15) is 11.6 Å². The van der Waals surface area contributed by atoms with Gasteiger partial charge >= 0.3 is 0 Å². The van der Waals surface area contributed by atoms with Crippen LogP contribution in [0.5, 0.6) is 5.75 Å². The highest BCUT2D eigenvalue weighted by molar-refractivity contribution is 5.64. The Hall–Kier alpha value is -1.81.